The SMILES string of the molecule is CC1Cc2ccccc2N1c1nc2ccccc2[nH]1. The van der Waals surface area contributed by atoms with E-state index in [1.54, 1.807) is 0 Å². The van der Waals surface area contributed by atoms with E-state index in [9.17, 15) is 0 Å². The Morgan fingerprint density at radius 1 is 1.11 bits per heavy atom. The first-order valence-corrected chi connectivity index (χ1v) is 6.65. The van der Waals surface area contributed by atoms with Gasteiger partial charge in [-0.25, -0.2) is 4.98 Å². The van der Waals surface area contributed by atoms with E-state index in [4.69, 9.17) is 4.98 Å². The van der Waals surface area contributed by atoms with Crippen molar-refractivity contribution in [1.29, 1.82) is 0 Å². The number of hydrogen-bond donors (Lipinski definition) is 1. The average molecular weight is 249 g/mol. The molecule has 3 nitrogen and oxygen atoms in total. The molecule has 1 N–H and O–H groups in total. The maximum Gasteiger partial charge on any atom is 0.208 e. The molecule has 0 bridgehead atoms. The highest BCUT2D eigenvalue weighted by atomic mass is 15.3. The molecule has 3 heteroatoms. The number of hydrogen-bond acceptors (Lipinski definition) is 2. The summed E-state index contributed by atoms with van der Waals surface area (Å²) < 4.78 is 0. The minimum absolute atomic E-state index is 0.443. The lowest BCUT2D eigenvalue weighted by atomic mass is 10.1. The molecule has 1 aromatic heterocycles. The van der Waals surface area contributed by atoms with E-state index in [1.807, 2.05) is 18.2 Å². The molecule has 4 rings (SSSR count). The molecule has 2 heterocycles. The van der Waals surface area contributed by atoms with Crippen LogP contribution in [0.2, 0.25) is 0 Å². The number of H-pyrrole nitrogens is 1. The molecular formula is C16H15N3. The highest BCUT2D eigenvalue weighted by molar-refractivity contribution is 5.80. The van der Waals surface area contributed by atoms with Gasteiger partial charge in [-0.2, -0.15) is 0 Å². The quantitative estimate of drug-likeness (QED) is 0.714. The first kappa shape index (κ1) is 10.6. The Labute approximate surface area is 111 Å². The van der Waals surface area contributed by atoms with Gasteiger partial charge < -0.3 is 9.88 Å². The number of imidazole rings is 1. The van der Waals surface area contributed by atoms with Gasteiger partial charge in [0.25, 0.3) is 0 Å². The zero-order chi connectivity index (χ0) is 12.8. The fraction of sp³-hybridized carbons (Fsp3) is 0.188. The summed E-state index contributed by atoms with van der Waals surface area (Å²) in [6, 6.07) is 17.2. The van der Waals surface area contributed by atoms with Crippen LogP contribution in [-0.2, 0) is 6.42 Å². The number of nitrogens with zero attached hydrogens (tertiary/aromatic N) is 2. The highest BCUT2D eigenvalue weighted by Gasteiger charge is 2.28. The molecule has 19 heavy (non-hydrogen) atoms. The van der Waals surface area contributed by atoms with Crippen LogP contribution in [0.3, 0.4) is 0 Å². The molecular weight excluding hydrogens is 234 g/mol. The zero-order valence-electron chi connectivity index (χ0n) is 10.8. The van der Waals surface area contributed by atoms with E-state index in [0.29, 0.717) is 6.04 Å². The molecule has 0 fully saturated rings. The van der Waals surface area contributed by atoms with Crippen LogP contribution >= 0.6 is 0 Å². The first-order valence-electron chi connectivity index (χ1n) is 6.65. The zero-order valence-corrected chi connectivity index (χ0v) is 10.8. The van der Waals surface area contributed by atoms with Gasteiger partial charge in [0.15, 0.2) is 0 Å². The molecule has 0 saturated carbocycles. The summed E-state index contributed by atoms with van der Waals surface area (Å²) in [4.78, 5) is 10.4. The molecule has 1 aliphatic heterocycles. The number of rotatable bonds is 1. The average Bonchev–Trinajstić information content (AvgIpc) is 2.97. The van der Waals surface area contributed by atoms with Crippen LogP contribution in [0, 0.1) is 0 Å². The van der Waals surface area contributed by atoms with Gasteiger partial charge in [0, 0.05) is 11.7 Å². The normalized spacial score (nSPS) is 17.9. The van der Waals surface area contributed by atoms with Crippen molar-refractivity contribution >= 4 is 22.7 Å². The lowest BCUT2D eigenvalue weighted by Gasteiger charge is -2.21. The summed E-state index contributed by atoms with van der Waals surface area (Å²) in [5.41, 5.74) is 4.78. The highest BCUT2D eigenvalue weighted by Crippen LogP contribution is 2.37. The number of anilines is 2. The van der Waals surface area contributed by atoms with E-state index >= 15 is 0 Å². The van der Waals surface area contributed by atoms with Crippen molar-refractivity contribution < 1.29 is 0 Å². The van der Waals surface area contributed by atoms with Crippen LogP contribution in [0.4, 0.5) is 11.6 Å². The smallest absolute Gasteiger partial charge is 0.208 e. The topological polar surface area (TPSA) is 31.9 Å². The van der Waals surface area contributed by atoms with Gasteiger partial charge in [-0.15, -0.1) is 0 Å². The summed E-state index contributed by atoms with van der Waals surface area (Å²) in [6.45, 7) is 2.24. The minimum Gasteiger partial charge on any atom is -0.324 e. The molecule has 0 radical (unpaired) electrons. The molecule has 0 amide bonds. The molecule has 0 aliphatic carbocycles. The second kappa shape index (κ2) is 3.85. The van der Waals surface area contributed by atoms with Gasteiger partial charge in [-0.1, -0.05) is 30.3 Å². The Morgan fingerprint density at radius 2 is 1.89 bits per heavy atom. The molecule has 2 aromatic carbocycles. The number of aromatic nitrogens is 2. The van der Waals surface area contributed by atoms with Crippen molar-refractivity contribution in [3.63, 3.8) is 0 Å². The van der Waals surface area contributed by atoms with Crippen molar-refractivity contribution in [3.8, 4) is 0 Å². The number of aromatic amines is 1. The predicted molar refractivity (Wildman–Crippen MR) is 77.8 cm³/mol. The Hall–Kier alpha value is -2.29. The third-order valence-corrected chi connectivity index (χ3v) is 3.81. The third-order valence-electron chi connectivity index (χ3n) is 3.81. The predicted octanol–water partition coefficient (Wildman–Crippen LogP) is 3.65. The number of para-hydroxylation sites is 3. The second-order valence-corrected chi connectivity index (χ2v) is 5.13. The number of fused-ring (bicyclic) bond motifs is 2. The van der Waals surface area contributed by atoms with Crippen molar-refractivity contribution in [2.45, 2.75) is 19.4 Å². The number of nitrogens with one attached hydrogen (secondary N) is 1. The lowest BCUT2D eigenvalue weighted by Crippen LogP contribution is -2.24. The third kappa shape index (κ3) is 1.55. The number of benzene rings is 2. The van der Waals surface area contributed by atoms with E-state index in [2.05, 4.69) is 47.1 Å². The summed E-state index contributed by atoms with van der Waals surface area (Å²) >= 11 is 0. The van der Waals surface area contributed by atoms with Gasteiger partial charge in [0.2, 0.25) is 5.95 Å². The van der Waals surface area contributed by atoms with Gasteiger partial charge in [-0.05, 0) is 37.1 Å². The lowest BCUT2D eigenvalue weighted by molar-refractivity contribution is 0.745. The van der Waals surface area contributed by atoms with E-state index in [0.717, 1.165) is 23.4 Å². The van der Waals surface area contributed by atoms with Gasteiger partial charge in [0.05, 0.1) is 11.0 Å². The summed E-state index contributed by atoms with van der Waals surface area (Å²) in [6.07, 6.45) is 1.08. The summed E-state index contributed by atoms with van der Waals surface area (Å²) in [7, 11) is 0. The van der Waals surface area contributed by atoms with E-state index in [-0.39, 0.29) is 0 Å². The van der Waals surface area contributed by atoms with E-state index < -0.39 is 0 Å². The molecule has 1 unspecified atom stereocenters. The van der Waals surface area contributed by atoms with Crippen LogP contribution in [0.5, 0.6) is 0 Å². The van der Waals surface area contributed by atoms with Gasteiger partial charge in [0.1, 0.15) is 0 Å². The monoisotopic (exact) mass is 249 g/mol. The van der Waals surface area contributed by atoms with Crippen LogP contribution in [0.15, 0.2) is 48.5 Å². The fourth-order valence-electron chi connectivity index (χ4n) is 2.94. The molecule has 3 aromatic rings. The minimum atomic E-state index is 0.443. The maximum atomic E-state index is 4.71. The van der Waals surface area contributed by atoms with Crippen molar-refractivity contribution in [2.24, 2.45) is 0 Å². The Bertz CT molecular complexity index is 711. The molecule has 0 spiro atoms. The molecule has 1 aliphatic rings. The largest absolute Gasteiger partial charge is 0.324 e. The first-order chi connectivity index (χ1) is 9.33. The van der Waals surface area contributed by atoms with Crippen molar-refractivity contribution in [3.05, 3.63) is 54.1 Å². The van der Waals surface area contributed by atoms with Crippen LogP contribution < -0.4 is 4.90 Å². The maximum absolute atomic E-state index is 4.71. The summed E-state index contributed by atoms with van der Waals surface area (Å²) in [5, 5.41) is 0. The standard InChI is InChI=1S/C16H15N3/c1-11-10-12-6-2-5-9-15(12)19(11)16-17-13-7-3-4-8-14(13)18-16/h2-9,11H,10H2,1H3,(H,17,18). The van der Waals surface area contributed by atoms with E-state index in [1.165, 1.54) is 11.3 Å². The molecule has 94 valence electrons. The Balaban J connectivity index is 1.87. The summed E-state index contributed by atoms with van der Waals surface area (Å²) in [5.74, 6) is 0.943. The molecule has 1 atom stereocenters. The van der Waals surface area contributed by atoms with Gasteiger partial charge in [-0.3, -0.25) is 0 Å². The van der Waals surface area contributed by atoms with Crippen LogP contribution in [-0.4, -0.2) is 16.0 Å². The Morgan fingerprint density at radius 3 is 2.79 bits per heavy atom. The van der Waals surface area contributed by atoms with Gasteiger partial charge >= 0.3 is 0 Å². The Kier molecular flexibility index (Phi) is 2.15. The second-order valence-electron chi connectivity index (χ2n) is 5.13. The van der Waals surface area contributed by atoms with Crippen molar-refractivity contribution in [1.82, 2.24) is 9.97 Å². The fourth-order valence-corrected chi connectivity index (χ4v) is 2.94. The van der Waals surface area contributed by atoms with Crippen molar-refractivity contribution in [2.75, 3.05) is 4.90 Å². The van der Waals surface area contributed by atoms with Crippen LogP contribution in [0.1, 0.15) is 12.5 Å². The van der Waals surface area contributed by atoms with Crippen LogP contribution in [0.25, 0.3) is 11.0 Å². The molecule has 0 saturated heterocycles.